The van der Waals surface area contributed by atoms with E-state index < -0.39 is 0 Å². The van der Waals surface area contributed by atoms with E-state index in [1.807, 2.05) is 14.0 Å². The van der Waals surface area contributed by atoms with Crippen LogP contribution in [0.5, 0.6) is 0 Å². The van der Waals surface area contributed by atoms with E-state index in [2.05, 4.69) is 5.10 Å². The lowest BCUT2D eigenvalue weighted by molar-refractivity contribution is 0.628. The van der Waals surface area contributed by atoms with E-state index in [0.717, 1.165) is 11.3 Å². The Morgan fingerprint density at radius 3 is 2.67 bits per heavy atom. The summed E-state index contributed by atoms with van der Waals surface area (Å²) in [4.78, 5) is 0. The SMILES string of the molecule is Cc1c(-c2cc(F)ccc2N)cnn1C. The van der Waals surface area contributed by atoms with Crippen LogP contribution in [-0.2, 0) is 7.05 Å². The number of hydrogen-bond donors (Lipinski definition) is 1. The Morgan fingerprint density at radius 1 is 1.33 bits per heavy atom. The van der Waals surface area contributed by atoms with Crippen LogP contribution in [0.25, 0.3) is 11.1 Å². The Balaban J connectivity index is 2.63. The summed E-state index contributed by atoms with van der Waals surface area (Å²) in [6, 6.07) is 4.35. The fraction of sp³-hybridized carbons (Fsp3) is 0.182. The molecule has 1 heterocycles. The zero-order valence-corrected chi connectivity index (χ0v) is 8.66. The highest BCUT2D eigenvalue weighted by Gasteiger charge is 2.10. The van der Waals surface area contributed by atoms with E-state index in [4.69, 9.17) is 5.73 Å². The molecule has 3 nitrogen and oxygen atoms in total. The summed E-state index contributed by atoms with van der Waals surface area (Å²) < 4.78 is 14.8. The van der Waals surface area contributed by atoms with Gasteiger partial charge in [0.1, 0.15) is 5.82 Å². The summed E-state index contributed by atoms with van der Waals surface area (Å²) in [5, 5.41) is 4.10. The first-order valence-corrected chi connectivity index (χ1v) is 4.63. The molecule has 0 bridgehead atoms. The molecule has 0 atom stereocenters. The number of rotatable bonds is 1. The van der Waals surface area contributed by atoms with Gasteiger partial charge < -0.3 is 5.73 Å². The number of aromatic nitrogens is 2. The Labute approximate surface area is 87.3 Å². The maximum absolute atomic E-state index is 13.1. The van der Waals surface area contributed by atoms with Gasteiger partial charge in [-0.3, -0.25) is 4.68 Å². The van der Waals surface area contributed by atoms with Crippen LogP contribution in [0.4, 0.5) is 10.1 Å². The molecule has 0 amide bonds. The Morgan fingerprint density at radius 2 is 2.07 bits per heavy atom. The summed E-state index contributed by atoms with van der Waals surface area (Å²) >= 11 is 0. The molecule has 0 spiro atoms. The first-order valence-electron chi connectivity index (χ1n) is 4.63. The first kappa shape index (κ1) is 9.71. The van der Waals surface area contributed by atoms with Crippen molar-refractivity contribution in [1.29, 1.82) is 0 Å². The number of hydrogen-bond acceptors (Lipinski definition) is 2. The number of benzene rings is 1. The minimum atomic E-state index is -0.289. The number of anilines is 1. The molecule has 0 aliphatic carbocycles. The highest BCUT2D eigenvalue weighted by Crippen LogP contribution is 2.28. The first-order chi connectivity index (χ1) is 7.09. The number of aryl methyl sites for hydroxylation is 1. The van der Waals surface area contributed by atoms with E-state index in [1.54, 1.807) is 16.9 Å². The Kier molecular flexibility index (Phi) is 2.19. The second kappa shape index (κ2) is 3.38. The molecule has 0 unspecified atom stereocenters. The number of halogens is 1. The zero-order chi connectivity index (χ0) is 11.0. The van der Waals surface area contributed by atoms with Gasteiger partial charge in [-0.15, -0.1) is 0 Å². The average molecular weight is 205 g/mol. The molecular formula is C11H12FN3. The van der Waals surface area contributed by atoms with Crippen molar-refractivity contribution in [2.45, 2.75) is 6.92 Å². The topological polar surface area (TPSA) is 43.8 Å². The van der Waals surface area contributed by atoms with Crippen LogP contribution in [0, 0.1) is 12.7 Å². The fourth-order valence-electron chi connectivity index (χ4n) is 1.52. The summed E-state index contributed by atoms with van der Waals surface area (Å²) in [5.41, 5.74) is 8.89. The van der Waals surface area contributed by atoms with Gasteiger partial charge >= 0.3 is 0 Å². The van der Waals surface area contributed by atoms with Gasteiger partial charge in [0, 0.05) is 29.6 Å². The Hall–Kier alpha value is -1.84. The largest absolute Gasteiger partial charge is 0.398 e. The molecule has 15 heavy (non-hydrogen) atoms. The van der Waals surface area contributed by atoms with Crippen LogP contribution in [-0.4, -0.2) is 9.78 Å². The van der Waals surface area contributed by atoms with Gasteiger partial charge in [-0.05, 0) is 25.1 Å². The van der Waals surface area contributed by atoms with Crippen molar-refractivity contribution in [3.63, 3.8) is 0 Å². The van der Waals surface area contributed by atoms with Crippen molar-refractivity contribution in [3.05, 3.63) is 35.9 Å². The Bertz CT molecular complexity index is 503. The lowest BCUT2D eigenvalue weighted by Gasteiger charge is -2.05. The molecule has 0 aliphatic rings. The standard InChI is InChI=1S/C11H12FN3/c1-7-10(6-14-15(7)2)9-5-8(12)3-4-11(9)13/h3-6H,13H2,1-2H3. The predicted octanol–water partition coefficient (Wildman–Crippen LogP) is 2.12. The van der Waals surface area contributed by atoms with E-state index in [0.29, 0.717) is 11.3 Å². The van der Waals surface area contributed by atoms with Crippen LogP contribution in [0.2, 0.25) is 0 Å². The predicted molar refractivity (Wildman–Crippen MR) is 57.8 cm³/mol. The summed E-state index contributed by atoms with van der Waals surface area (Å²) in [5.74, 6) is -0.289. The third-order valence-electron chi connectivity index (χ3n) is 2.54. The summed E-state index contributed by atoms with van der Waals surface area (Å²) in [7, 11) is 1.84. The minimum Gasteiger partial charge on any atom is -0.398 e. The fourth-order valence-corrected chi connectivity index (χ4v) is 1.52. The molecule has 78 valence electrons. The molecule has 2 N–H and O–H groups in total. The van der Waals surface area contributed by atoms with E-state index in [1.165, 1.54) is 12.1 Å². The molecule has 0 saturated heterocycles. The van der Waals surface area contributed by atoms with Gasteiger partial charge in [0.05, 0.1) is 6.20 Å². The van der Waals surface area contributed by atoms with Crippen molar-refractivity contribution in [2.24, 2.45) is 7.05 Å². The number of nitrogen functional groups attached to an aromatic ring is 1. The van der Waals surface area contributed by atoms with Crippen LogP contribution in [0.1, 0.15) is 5.69 Å². The summed E-state index contributed by atoms with van der Waals surface area (Å²) in [6.45, 7) is 1.92. The molecule has 0 saturated carbocycles. The highest BCUT2D eigenvalue weighted by molar-refractivity contribution is 5.77. The van der Waals surface area contributed by atoms with Crippen molar-refractivity contribution in [2.75, 3.05) is 5.73 Å². The molecule has 2 aromatic rings. The maximum atomic E-state index is 13.1. The van der Waals surface area contributed by atoms with E-state index >= 15 is 0 Å². The number of nitrogens with two attached hydrogens (primary N) is 1. The van der Waals surface area contributed by atoms with E-state index in [9.17, 15) is 4.39 Å². The molecule has 0 fully saturated rings. The molecule has 1 aromatic heterocycles. The van der Waals surface area contributed by atoms with Crippen LogP contribution >= 0.6 is 0 Å². The summed E-state index contributed by atoms with van der Waals surface area (Å²) in [6.07, 6.45) is 1.69. The molecular weight excluding hydrogens is 193 g/mol. The van der Waals surface area contributed by atoms with Crippen LogP contribution in [0.15, 0.2) is 24.4 Å². The normalized spacial score (nSPS) is 10.6. The minimum absolute atomic E-state index is 0.289. The monoisotopic (exact) mass is 205 g/mol. The van der Waals surface area contributed by atoms with E-state index in [-0.39, 0.29) is 5.82 Å². The average Bonchev–Trinajstić information content (AvgIpc) is 2.52. The van der Waals surface area contributed by atoms with Crippen molar-refractivity contribution in [3.8, 4) is 11.1 Å². The van der Waals surface area contributed by atoms with Gasteiger partial charge in [0.2, 0.25) is 0 Å². The zero-order valence-electron chi connectivity index (χ0n) is 8.66. The van der Waals surface area contributed by atoms with Gasteiger partial charge in [-0.2, -0.15) is 5.10 Å². The molecule has 2 rings (SSSR count). The molecule has 0 aliphatic heterocycles. The smallest absolute Gasteiger partial charge is 0.123 e. The molecule has 1 aromatic carbocycles. The second-order valence-corrected chi connectivity index (χ2v) is 3.50. The van der Waals surface area contributed by atoms with Crippen molar-refractivity contribution in [1.82, 2.24) is 9.78 Å². The van der Waals surface area contributed by atoms with Crippen molar-refractivity contribution < 1.29 is 4.39 Å². The molecule has 0 radical (unpaired) electrons. The quantitative estimate of drug-likeness (QED) is 0.725. The van der Waals surface area contributed by atoms with Gasteiger partial charge in [-0.25, -0.2) is 4.39 Å². The van der Waals surface area contributed by atoms with Gasteiger partial charge in [-0.1, -0.05) is 0 Å². The lowest BCUT2D eigenvalue weighted by atomic mass is 10.0. The lowest BCUT2D eigenvalue weighted by Crippen LogP contribution is -1.94. The van der Waals surface area contributed by atoms with Crippen molar-refractivity contribution >= 4 is 5.69 Å². The number of nitrogens with zero attached hydrogens (tertiary/aromatic N) is 2. The van der Waals surface area contributed by atoms with Gasteiger partial charge in [0.15, 0.2) is 0 Å². The third-order valence-corrected chi connectivity index (χ3v) is 2.54. The van der Waals surface area contributed by atoms with Crippen LogP contribution in [0.3, 0.4) is 0 Å². The second-order valence-electron chi connectivity index (χ2n) is 3.50. The third kappa shape index (κ3) is 1.58. The van der Waals surface area contributed by atoms with Gasteiger partial charge in [0.25, 0.3) is 0 Å². The highest BCUT2D eigenvalue weighted by atomic mass is 19.1. The molecule has 4 heteroatoms. The van der Waals surface area contributed by atoms with Crippen LogP contribution < -0.4 is 5.73 Å². The maximum Gasteiger partial charge on any atom is 0.123 e.